The first-order valence-corrected chi connectivity index (χ1v) is 8.56. The molecule has 0 radical (unpaired) electrons. The van der Waals surface area contributed by atoms with Crippen LogP contribution in [0.2, 0.25) is 0 Å². The molecule has 27 heavy (non-hydrogen) atoms. The summed E-state index contributed by atoms with van der Waals surface area (Å²) in [4.78, 5) is 23.0. The monoisotopic (exact) mass is 372 g/mol. The van der Waals surface area contributed by atoms with Crippen LogP contribution in [0.3, 0.4) is 0 Å². The Morgan fingerprint density at radius 2 is 1.74 bits per heavy atom. The normalized spacial score (nSPS) is 11.4. The summed E-state index contributed by atoms with van der Waals surface area (Å²) in [5.41, 5.74) is 6.26. The number of carbonyl (C=O) groups excluding carboxylic acids is 2. The largest absolute Gasteiger partial charge is 0.490 e. The number of carbonyl (C=O) groups is 2. The van der Waals surface area contributed by atoms with Crippen LogP contribution in [0.1, 0.15) is 10.4 Å². The fraction of sp³-hybridized carbons (Fsp3) is 0.263. The lowest BCUT2D eigenvalue weighted by Gasteiger charge is -2.15. The van der Waals surface area contributed by atoms with Crippen molar-refractivity contribution in [2.45, 2.75) is 6.10 Å². The topological polar surface area (TPSA) is 126 Å². The molecule has 1 unspecified atom stereocenters. The van der Waals surface area contributed by atoms with Gasteiger partial charge < -0.3 is 31.5 Å². The summed E-state index contributed by atoms with van der Waals surface area (Å²) in [6.07, 6.45) is -0.774. The van der Waals surface area contributed by atoms with Gasteiger partial charge >= 0.3 is 6.03 Å². The number of aliphatic hydroxyl groups is 1. The van der Waals surface area contributed by atoms with Crippen molar-refractivity contribution in [2.75, 3.05) is 31.6 Å². The fourth-order valence-electron chi connectivity index (χ4n) is 2.27. The van der Waals surface area contributed by atoms with Crippen molar-refractivity contribution in [2.24, 2.45) is 5.73 Å². The average Bonchev–Trinajstić information content (AvgIpc) is 2.67. The maximum Gasteiger partial charge on any atom is 0.319 e. The van der Waals surface area contributed by atoms with Gasteiger partial charge in [0, 0.05) is 25.3 Å². The number of para-hydroxylation sites is 2. The summed E-state index contributed by atoms with van der Waals surface area (Å²) in [6, 6.07) is 15.4. The smallest absolute Gasteiger partial charge is 0.319 e. The highest BCUT2D eigenvalue weighted by Gasteiger charge is 2.11. The number of nitrogens with two attached hydrogens (primary N) is 1. The molecule has 2 aromatic rings. The lowest BCUT2D eigenvalue weighted by molar-refractivity contribution is 0.0964. The number of ether oxygens (including phenoxy) is 1. The van der Waals surface area contributed by atoms with Gasteiger partial charge in [0.05, 0.1) is 5.56 Å². The molecule has 0 spiro atoms. The van der Waals surface area contributed by atoms with Gasteiger partial charge in [-0.3, -0.25) is 4.79 Å². The number of amides is 3. The van der Waals surface area contributed by atoms with E-state index in [1.54, 1.807) is 36.4 Å². The van der Waals surface area contributed by atoms with Crippen LogP contribution in [0.5, 0.6) is 5.75 Å². The summed E-state index contributed by atoms with van der Waals surface area (Å²) < 4.78 is 5.45. The Morgan fingerprint density at radius 1 is 1.04 bits per heavy atom. The van der Waals surface area contributed by atoms with Gasteiger partial charge in [-0.15, -0.1) is 0 Å². The van der Waals surface area contributed by atoms with Crippen LogP contribution in [-0.2, 0) is 0 Å². The van der Waals surface area contributed by atoms with E-state index in [4.69, 9.17) is 10.5 Å². The molecule has 0 bridgehead atoms. The molecule has 8 heteroatoms. The van der Waals surface area contributed by atoms with Gasteiger partial charge in [-0.1, -0.05) is 30.3 Å². The molecule has 1 atom stereocenters. The first kappa shape index (κ1) is 20.2. The highest BCUT2D eigenvalue weighted by atomic mass is 16.5. The van der Waals surface area contributed by atoms with Crippen LogP contribution < -0.4 is 26.4 Å². The van der Waals surface area contributed by atoms with E-state index in [-0.39, 0.29) is 24.7 Å². The van der Waals surface area contributed by atoms with Crippen molar-refractivity contribution in [3.8, 4) is 5.75 Å². The van der Waals surface area contributed by atoms with Gasteiger partial charge in [0.25, 0.3) is 5.91 Å². The van der Waals surface area contributed by atoms with Gasteiger partial charge in [-0.2, -0.15) is 0 Å². The number of anilines is 1. The molecule has 0 aliphatic heterocycles. The zero-order chi connectivity index (χ0) is 19.5. The van der Waals surface area contributed by atoms with Crippen molar-refractivity contribution >= 4 is 17.6 Å². The zero-order valence-electron chi connectivity index (χ0n) is 14.9. The van der Waals surface area contributed by atoms with Gasteiger partial charge in [-0.05, 0) is 24.3 Å². The number of nitrogens with one attached hydrogen (secondary N) is 3. The van der Waals surface area contributed by atoms with Gasteiger partial charge in [-0.25, -0.2) is 4.79 Å². The first-order chi connectivity index (χ1) is 13.1. The van der Waals surface area contributed by atoms with E-state index >= 15 is 0 Å². The molecular weight excluding hydrogens is 348 g/mol. The molecule has 0 aliphatic rings. The van der Waals surface area contributed by atoms with Gasteiger partial charge in [0.1, 0.15) is 18.5 Å². The van der Waals surface area contributed by atoms with Crippen LogP contribution in [0.15, 0.2) is 54.6 Å². The highest BCUT2D eigenvalue weighted by molar-refractivity contribution is 5.95. The van der Waals surface area contributed by atoms with E-state index < -0.39 is 12.0 Å². The number of aliphatic hydroxyl groups excluding tert-OH is 1. The molecule has 0 aromatic heterocycles. The number of hydrogen-bond acceptors (Lipinski definition) is 5. The molecule has 144 valence electrons. The maximum atomic E-state index is 11.7. The lowest BCUT2D eigenvalue weighted by atomic mass is 10.2. The Kier molecular flexibility index (Phi) is 8.08. The van der Waals surface area contributed by atoms with Crippen LogP contribution in [0, 0.1) is 0 Å². The lowest BCUT2D eigenvalue weighted by Crippen LogP contribution is -2.38. The zero-order valence-corrected chi connectivity index (χ0v) is 14.9. The Morgan fingerprint density at radius 3 is 2.48 bits per heavy atom. The molecule has 0 fully saturated rings. The number of hydrogen-bond donors (Lipinski definition) is 5. The summed E-state index contributed by atoms with van der Waals surface area (Å²) in [5.74, 6) is -0.249. The standard InChI is InChI=1S/C19H24N4O4/c20-18(25)16-8-4-5-9-17(16)27-13-15(24)12-21-10-11-22-19(26)23-14-6-2-1-3-7-14/h1-9,15,21,24H,10-13H2,(H2,20,25)(H2,22,23,26). The number of primary amides is 1. The van der Waals surface area contributed by atoms with E-state index in [9.17, 15) is 14.7 Å². The van der Waals surface area contributed by atoms with Gasteiger partial charge in [0.2, 0.25) is 0 Å². The van der Waals surface area contributed by atoms with E-state index in [2.05, 4.69) is 16.0 Å². The third kappa shape index (κ3) is 7.35. The maximum absolute atomic E-state index is 11.7. The summed E-state index contributed by atoms with van der Waals surface area (Å²) in [6.45, 7) is 1.17. The Labute approximate surface area is 157 Å². The van der Waals surface area contributed by atoms with E-state index in [1.165, 1.54) is 0 Å². The molecule has 3 amide bonds. The third-order valence-corrected chi connectivity index (χ3v) is 3.58. The predicted octanol–water partition coefficient (Wildman–Crippen LogP) is 0.937. The van der Waals surface area contributed by atoms with Crippen molar-refractivity contribution in [1.82, 2.24) is 10.6 Å². The van der Waals surface area contributed by atoms with Crippen LogP contribution >= 0.6 is 0 Å². The summed E-state index contributed by atoms with van der Waals surface area (Å²) >= 11 is 0. The minimum atomic E-state index is -0.774. The van der Waals surface area contributed by atoms with Crippen LogP contribution in [0.25, 0.3) is 0 Å². The van der Waals surface area contributed by atoms with Crippen molar-refractivity contribution < 1.29 is 19.4 Å². The second-order valence-corrected chi connectivity index (χ2v) is 5.78. The van der Waals surface area contributed by atoms with E-state index in [1.807, 2.05) is 18.2 Å². The average molecular weight is 372 g/mol. The molecule has 2 aromatic carbocycles. The molecular formula is C19H24N4O4. The summed E-state index contributed by atoms with van der Waals surface area (Å²) in [7, 11) is 0. The third-order valence-electron chi connectivity index (χ3n) is 3.58. The SMILES string of the molecule is NC(=O)c1ccccc1OCC(O)CNCCNC(=O)Nc1ccccc1. The fourth-order valence-corrected chi connectivity index (χ4v) is 2.27. The van der Waals surface area contributed by atoms with E-state index in [0.29, 0.717) is 24.5 Å². The summed E-state index contributed by atoms with van der Waals surface area (Å²) in [5, 5.41) is 18.4. The molecule has 0 saturated heterocycles. The number of rotatable bonds is 10. The number of urea groups is 1. The Balaban J connectivity index is 1.59. The molecule has 6 N–H and O–H groups in total. The molecule has 0 saturated carbocycles. The van der Waals surface area contributed by atoms with Crippen molar-refractivity contribution in [1.29, 1.82) is 0 Å². The minimum Gasteiger partial charge on any atom is -0.490 e. The van der Waals surface area contributed by atoms with E-state index in [0.717, 1.165) is 0 Å². The second-order valence-electron chi connectivity index (χ2n) is 5.78. The molecule has 0 heterocycles. The van der Waals surface area contributed by atoms with Crippen molar-refractivity contribution in [3.63, 3.8) is 0 Å². The van der Waals surface area contributed by atoms with Gasteiger partial charge in [0.15, 0.2) is 0 Å². The van der Waals surface area contributed by atoms with Crippen LogP contribution in [-0.4, -0.2) is 49.4 Å². The predicted molar refractivity (Wildman–Crippen MR) is 103 cm³/mol. The molecule has 0 aliphatic carbocycles. The molecule has 8 nitrogen and oxygen atoms in total. The van der Waals surface area contributed by atoms with Crippen LogP contribution in [0.4, 0.5) is 10.5 Å². The number of benzene rings is 2. The minimum absolute atomic E-state index is 0.0131. The second kappa shape index (κ2) is 10.8. The highest BCUT2D eigenvalue weighted by Crippen LogP contribution is 2.17. The quantitative estimate of drug-likeness (QED) is 0.397. The Bertz CT molecular complexity index is 739. The Hall–Kier alpha value is -3.10. The first-order valence-electron chi connectivity index (χ1n) is 8.56. The molecule has 2 rings (SSSR count). The van der Waals surface area contributed by atoms with Crippen molar-refractivity contribution in [3.05, 3.63) is 60.2 Å².